The molecule has 1 fully saturated rings. The highest BCUT2D eigenvalue weighted by Crippen LogP contribution is 2.38. The van der Waals surface area contributed by atoms with E-state index >= 15 is 0 Å². The Labute approximate surface area is 127 Å². The molecular formula is C16H25ClN2O. The van der Waals surface area contributed by atoms with Crippen LogP contribution in [0, 0.1) is 12.3 Å². The van der Waals surface area contributed by atoms with Crippen molar-refractivity contribution in [3.05, 3.63) is 35.4 Å². The molecule has 1 aliphatic carbocycles. The molecule has 1 amide bonds. The Bertz CT molecular complexity index is 456. The van der Waals surface area contributed by atoms with Gasteiger partial charge in [-0.25, -0.2) is 0 Å². The zero-order chi connectivity index (χ0) is 13.9. The van der Waals surface area contributed by atoms with Gasteiger partial charge >= 0.3 is 0 Å². The van der Waals surface area contributed by atoms with Crippen molar-refractivity contribution in [2.24, 2.45) is 11.1 Å². The van der Waals surface area contributed by atoms with Gasteiger partial charge in [-0.1, -0.05) is 37.1 Å². The number of nitrogens with two attached hydrogens (primary N) is 1. The number of halogens is 1. The lowest BCUT2D eigenvalue weighted by Crippen LogP contribution is -2.44. The Morgan fingerprint density at radius 3 is 2.45 bits per heavy atom. The van der Waals surface area contributed by atoms with Crippen LogP contribution in [0.5, 0.6) is 0 Å². The van der Waals surface area contributed by atoms with Gasteiger partial charge in [-0.2, -0.15) is 0 Å². The fourth-order valence-electron chi connectivity index (χ4n) is 3.08. The van der Waals surface area contributed by atoms with Crippen molar-refractivity contribution in [1.82, 2.24) is 4.90 Å². The molecule has 0 unspecified atom stereocenters. The second-order valence-electron chi connectivity index (χ2n) is 5.78. The summed E-state index contributed by atoms with van der Waals surface area (Å²) in [5.41, 5.74) is 8.03. The Hall–Kier alpha value is -1.06. The molecule has 0 aliphatic heterocycles. The first-order valence-corrected chi connectivity index (χ1v) is 7.09. The van der Waals surface area contributed by atoms with Crippen LogP contribution in [-0.4, -0.2) is 24.4 Å². The van der Waals surface area contributed by atoms with E-state index in [-0.39, 0.29) is 23.7 Å². The van der Waals surface area contributed by atoms with Crippen molar-refractivity contribution in [3.8, 4) is 0 Å². The van der Waals surface area contributed by atoms with E-state index in [1.54, 1.807) is 0 Å². The monoisotopic (exact) mass is 296 g/mol. The summed E-state index contributed by atoms with van der Waals surface area (Å²) in [5.74, 6) is 0.218. The van der Waals surface area contributed by atoms with Gasteiger partial charge in [-0.05, 0) is 30.9 Å². The molecule has 1 saturated carbocycles. The van der Waals surface area contributed by atoms with Gasteiger partial charge in [-0.15, -0.1) is 12.4 Å². The Balaban J connectivity index is 0.00000200. The van der Waals surface area contributed by atoms with Crippen molar-refractivity contribution < 1.29 is 4.79 Å². The van der Waals surface area contributed by atoms with Crippen LogP contribution in [-0.2, 0) is 11.3 Å². The Morgan fingerprint density at radius 2 is 1.90 bits per heavy atom. The van der Waals surface area contributed by atoms with Gasteiger partial charge in [0.05, 0.1) is 5.41 Å². The third-order valence-corrected chi connectivity index (χ3v) is 4.42. The molecule has 0 bridgehead atoms. The standard InChI is InChI=1S/C16H24N2O.ClH/c1-13-7-3-4-8-14(13)11-18(2)15(19)16(12-17)9-5-6-10-16;/h3-4,7-8H,5-6,9-12,17H2,1-2H3;1H. The van der Waals surface area contributed by atoms with Crippen molar-refractivity contribution in [2.75, 3.05) is 13.6 Å². The molecule has 2 rings (SSSR count). The Morgan fingerprint density at radius 1 is 1.30 bits per heavy atom. The molecule has 20 heavy (non-hydrogen) atoms. The lowest BCUT2D eigenvalue weighted by molar-refractivity contribution is -0.140. The predicted molar refractivity (Wildman–Crippen MR) is 84.9 cm³/mol. The molecule has 0 spiro atoms. The molecule has 2 N–H and O–H groups in total. The van der Waals surface area contributed by atoms with Crippen molar-refractivity contribution in [2.45, 2.75) is 39.2 Å². The van der Waals surface area contributed by atoms with Crippen molar-refractivity contribution in [3.63, 3.8) is 0 Å². The third kappa shape index (κ3) is 3.33. The van der Waals surface area contributed by atoms with Gasteiger partial charge in [0.15, 0.2) is 0 Å². The smallest absolute Gasteiger partial charge is 0.230 e. The molecule has 0 saturated heterocycles. The van der Waals surface area contributed by atoms with Crippen LogP contribution in [0.1, 0.15) is 36.8 Å². The summed E-state index contributed by atoms with van der Waals surface area (Å²) in [6.07, 6.45) is 4.14. The van der Waals surface area contributed by atoms with E-state index in [4.69, 9.17) is 5.73 Å². The average molecular weight is 297 g/mol. The second kappa shape index (κ2) is 7.09. The number of benzene rings is 1. The van der Waals surface area contributed by atoms with E-state index in [0.717, 1.165) is 25.7 Å². The third-order valence-electron chi connectivity index (χ3n) is 4.42. The molecule has 0 aromatic heterocycles. The number of rotatable bonds is 4. The molecule has 1 aliphatic rings. The topological polar surface area (TPSA) is 46.3 Å². The van der Waals surface area contributed by atoms with Crippen LogP contribution >= 0.6 is 12.4 Å². The summed E-state index contributed by atoms with van der Waals surface area (Å²) in [6.45, 7) is 3.24. The van der Waals surface area contributed by atoms with E-state index < -0.39 is 0 Å². The zero-order valence-corrected chi connectivity index (χ0v) is 13.2. The van der Waals surface area contributed by atoms with Crippen LogP contribution in [0.15, 0.2) is 24.3 Å². The minimum Gasteiger partial charge on any atom is -0.341 e. The van der Waals surface area contributed by atoms with Gasteiger partial charge in [0.25, 0.3) is 0 Å². The molecule has 0 heterocycles. The van der Waals surface area contributed by atoms with E-state index in [2.05, 4.69) is 19.1 Å². The van der Waals surface area contributed by atoms with Gasteiger partial charge in [0.1, 0.15) is 0 Å². The quantitative estimate of drug-likeness (QED) is 0.928. The van der Waals surface area contributed by atoms with Crippen LogP contribution in [0.25, 0.3) is 0 Å². The average Bonchev–Trinajstić information content (AvgIpc) is 2.90. The van der Waals surface area contributed by atoms with Crippen LogP contribution < -0.4 is 5.73 Å². The zero-order valence-electron chi connectivity index (χ0n) is 12.4. The lowest BCUT2D eigenvalue weighted by Gasteiger charge is -2.31. The summed E-state index contributed by atoms with van der Waals surface area (Å²) >= 11 is 0. The first kappa shape index (κ1) is 17.0. The fourth-order valence-corrected chi connectivity index (χ4v) is 3.08. The molecule has 0 atom stereocenters. The molecule has 4 heteroatoms. The number of carbonyl (C=O) groups is 1. The molecule has 1 aromatic carbocycles. The maximum Gasteiger partial charge on any atom is 0.230 e. The predicted octanol–water partition coefficient (Wildman–Crippen LogP) is 2.89. The second-order valence-corrected chi connectivity index (χ2v) is 5.78. The fraction of sp³-hybridized carbons (Fsp3) is 0.562. The van der Waals surface area contributed by atoms with Crippen molar-refractivity contribution >= 4 is 18.3 Å². The SMILES string of the molecule is Cc1ccccc1CN(C)C(=O)C1(CN)CCCC1.Cl. The molecule has 1 aromatic rings. The minimum atomic E-state index is -0.294. The van der Waals surface area contributed by atoms with Gasteiger partial charge in [-0.3, -0.25) is 4.79 Å². The number of nitrogens with zero attached hydrogens (tertiary/aromatic N) is 1. The highest BCUT2D eigenvalue weighted by Gasteiger charge is 2.41. The minimum absolute atomic E-state index is 0. The number of carbonyl (C=O) groups excluding carboxylic acids is 1. The molecule has 3 nitrogen and oxygen atoms in total. The summed E-state index contributed by atoms with van der Waals surface area (Å²) < 4.78 is 0. The number of amides is 1. The van der Waals surface area contributed by atoms with Gasteiger partial charge in [0.2, 0.25) is 5.91 Å². The van der Waals surface area contributed by atoms with E-state index in [1.807, 2.05) is 24.1 Å². The first-order chi connectivity index (χ1) is 9.09. The van der Waals surface area contributed by atoms with E-state index in [9.17, 15) is 4.79 Å². The van der Waals surface area contributed by atoms with E-state index in [0.29, 0.717) is 13.1 Å². The van der Waals surface area contributed by atoms with Gasteiger partial charge < -0.3 is 10.6 Å². The lowest BCUT2D eigenvalue weighted by atomic mass is 9.84. The summed E-state index contributed by atoms with van der Waals surface area (Å²) in [5, 5.41) is 0. The summed E-state index contributed by atoms with van der Waals surface area (Å²) in [7, 11) is 1.89. The maximum atomic E-state index is 12.7. The molecular weight excluding hydrogens is 272 g/mol. The normalized spacial score (nSPS) is 16.6. The largest absolute Gasteiger partial charge is 0.341 e. The highest BCUT2D eigenvalue weighted by molar-refractivity contribution is 5.85. The van der Waals surface area contributed by atoms with Crippen LogP contribution in [0.2, 0.25) is 0 Å². The van der Waals surface area contributed by atoms with Crippen LogP contribution in [0.3, 0.4) is 0 Å². The van der Waals surface area contributed by atoms with Gasteiger partial charge in [0, 0.05) is 20.1 Å². The van der Waals surface area contributed by atoms with E-state index in [1.165, 1.54) is 11.1 Å². The highest BCUT2D eigenvalue weighted by atomic mass is 35.5. The number of hydrogen-bond acceptors (Lipinski definition) is 2. The number of aryl methyl sites for hydroxylation is 1. The van der Waals surface area contributed by atoms with Crippen molar-refractivity contribution in [1.29, 1.82) is 0 Å². The molecule has 0 radical (unpaired) electrons. The summed E-state index contributed by atoms with van der Waals surface area (Å²) in [4.78, 5) is 14.5. The first-order valence-electron chi connectivity index (χ1n) is 7.09. The maximum absolute atomic E-state index is 12.7. The summed E-state index contributed by atoms with van der Waals surface area (Å²) in [6, 6.07) is 8.22. The van der Waals surface area contributed by atoms with Crippen LogP contribution in [0.4, 0.5) is 0 Å². The Kier molecular flexibility index (Phi) is 6.03. The molecule has 112 valence electrons. The number of hydrogen-bond donors (Lipinski definition) is 1.